The van der Waals surface area contributed by atoms with Gasteiger partial charge < -0.3 is 29.7 Å². The van der Waals surface area contributed by atoms with Crippen molar-refractivity contribution in [3.63, 3.8) is 0 Å². The molecule has 4 atom stereocenters. The fraction of sp³-hybridized carbons (Fsp3) is 0.515. The van der Waals surface area contributed by atoms with E-state index in [1.54, 1.807) is 40.0 Å². The zero-order valence-corrected chi connectivity index (χ0v) is 26.1. The molecule has 1 heterocycles. The number of nitrogens with zero attached hydrogens (tertiary/aromatic N) is 1. The summed E-state index contributed by atoms with van der Waals surface area (Å²) in [6.45, 7) is 9.52. The highest BCUT2D eigenvalue weighted by Gasteiger charge is 2.40. The molecular weight excluding hydrogens is 550 g/mol. The third-order valence-corrected chi connectivity index (χ3v) is 7.42. The molecule has 0 aromatic heterocycles. The topological polar surface area (TPSA) is 123 Å². The van der Waals surface area contributed by atoms with Gasteiger partial charge in [0.15, 0.2) is 0 Å². The molecule has 0 radical (unpaired) electrons. The van der Waals surface area contributed by atoms with Gasteiger partial charge in [0.2, 0.25) is 11.8 Å². The molecule has 3 rings (SSSR count). The van der Waals surface area contributed by atoms with Gasteiger partial charge in [-0.1, -0.05) is 62.7 Å². The van der Waals surface area contributed by atoms with Crippen molar-refractivity contribution in [2.24, 2.45) is 5.92 Å². The van der Waals surface area contributed by atoms with Gasteiger partial charge in [-0.3, -0.25) is 9.59 Å². The number of carbonyl (C=O) groups is 4. The van der Waals surface area contributed by atoms with Gasteiger partial charge in [-0.05, 0) is 62.8 Å². The molecule has 43 heavy (non-hydrogen) atoms. The second-order valence-electron chi connectivity index (χ2n) is 11.9. The zero-order valence-electron chi connectivity index (χ0n) is 26.1. The van der Waals surface area contributed by atoms with Crippen LogP contribution in [0.3, 0.4) is 0 Å². The molecule has 0 aliphatic carbocycles. The normalized spacial score (nSPS) is 16.9. The first-order chi connectivity index (χ1) is 20.4. The van der Waals surface area contributed by atoms with E-state index in [0.29, 0.717) is 31.6 Å². The molecule has 2 N–H and O–H groups in total. The summed E-state index contributed by atoms with van der Waals surface area (Å²) >= 11 is 0. The molecule has 2 aromatic carbocycles. The van der Waals surface area contributed by atoms with Crippen LogP contribution in [0.4, 0.5) is 4.79 Å². The Bertz CT molecular complexity index is 1230. The zero-order chi connectivity index (χ0) is 31.6. The Balaban J connectivity index is 1.77. The van der Waals surface area contributed by atoms with E-state index in [0.717, 1.165) is 11.1 Å². The van der Waals surface area contributed by atoms with E-state index in [-0.39, 0.29) is 24.9 Å². The van der Waals surface area contributed by atoms with Crippen molar-refractivity contribution in [1.29, 1.82) is 0 Å². The van der Waals surface area contributed by atoms with E-state index < -0.39 is 41.7 Å². The summed E-state index contributed by atoms with van der Waals surface area (Å²) in [5.74, 6) is -0.908. The maximum absolute atomic E-state index is 13.9. The number of benzene rings is 2. The van der Waals surface area contributed by atoms with Gasteiger partial charge in [0.25, 0.3) is 0 Å². The van der Waals surface area contributed by atoms with Gasteiger partial charge in [-0.2, -0.15) is 0 Å². The van der Waals surface area contributed by atoms with Crippen molar-refractivity contribution in [2.45, 2.75) is 90.6 Å². The lowest BCUT2D eigenvalue weighted by atomic mass is 9.96. The first kappa shape index (κ1) is 33.4. The monoisotopic (exact) mass is 595 g/mol. The molecule has 2 aromatic rings. The third-order valence-electron chi connectivity index (χ3n) is 7.42. The molecular formula is C33H45N3O7. The van der Waals surface area contributed by atoms with Crippen molar-refractivity contribution in [3.05, 3.63) is 65.7 Å². The van der Waals surface area contributed by atoms with Gasteiger partial charge in [-0.15, -0.1) is 0 Å². The Labute approximate surface area is 254 Å². The number of hydrogen-bond donors (Lipinski definition) is 2. The predicted molar refractivity (Wildman–Crippen MR) is 162 cm³/mol. The van der Waals surface area contributed by atoms with E-state index >= 15 is 0 Å². The summed E-state index contributed by atoms with van der Waals surface area (Å²) in [5.41, 5.74) is 0.876. The molecule has 3 amide bonds. The van der Waals surface area contributed by atoms with Crippen molar-refractivity contribution in [3.8, 4) is 5.75 Å². The maximum atomic E-state index is 13.9. The van der Waals surface area contributed by atoms with Crippen LogP contribution in [-0.2, 0) is 36.9 Å². The number of esters is 1. The highest BCUT2D eigenvalue weighted by Crippen LogP contribution is 2.23. The SMILES string of the molecule is CC[C@H](C)[C@H](NC(=O)[C@@H](Cc1ccc(OC)cc1)NC(=O)OC(C)(C)C)C(=O)N1CCC[C@@H]1C(=O)OCc1ccccc1. The molecule has 10 heteroatoms. The van der Waals surface area contributed by atoms with Gasteiger partial charge in [0, 0.05) is 13.0 Å². The molecule has 0 unspecified atom stereocenters. The first-order valence-corrected chi connectivity index (χ1v) is 14.9. The molecule has 1 aliphatic heterocycles. The fourth-order valence-electron chi connectivity index (χ4n) is 4.87. The van der Waals surface area contributed by atoms with Gasteiger partial charge in [-0.25, -0.2) is 9.59 Å². The van der Waals surface area contributed by atoms with Crippen LogP contribution in [0.1, 0.15) is 65.0 Å². The number of rotatable bonds is 12. The van der Waals surface area contributed by atoms with Crippen molar-refractivity contribution in [2.75, 3.05) is 13.7 Å². The number of amides is 3. The predicted octanol–water partition coefficient (Wildman–Crippen LogP) is 4.40. The summed E-state index contributed by atoms with van der Waals surface area (Å²) in [6, 6.07) is 13.9. The molecule has 234 valence electrons. The molecule has 0 spiro atoms. The van der Waals surface area contributed by atoms with Crippen molar-refractivity contribution >= 4 is 23.9 Å². The average molecular weight is 596 g/mol. The number of alkyl carbamates (subject to hydrolysis) is 1. The Morgan fingerprint density at radius 1 is 0.977 bits per heavy atom. The van der Waals surface area contributed by atoms with E-state index in [4.69, 9.17) is 14.2 Å². The smallest absolute Gasteiger partial charge is 0.408 e. The molecule has 1 aliphatic rings. The lowest BCUT2D eigenvalue weighted by Crippen LogP contribution is -2.58. The van der Waals surface area contributed by atoms with Crippen LogP contribution in [0.5, 0.6) is 5.75 Å². The van der Waals surface area contributed by atoms with Gasteiger partial charge >= 0.3 is 12.1 Å². The molecule has 1 saturated heterocycles. The van der Waals surface area contributed by atoms with Crippen LogP contribution in [0, 0.1) is 5.92 Å². The summed E-state index contributed by atoms with van der Waals surface area (Å²) in [4.78, 5) is 54.9. The second kappa shape index (κ2) is 15.4. The molecule has 1 fully saturated rings. The third kappa shape index (κ3) is 10.0. The molecule has 10 nitrogen and oxygen atoms in total. The Hall–Kier alpha value is -4.08. The summed E-state index contributed by atoms with van der Waals surface area (Å²) in [6.07, 6.45) is 1.16. The Kier molecular flexibility index (Phi) is 12.0. The number of methoxy groups -OCH3 is 1. The van der Waals surface area contributed by atoms with E-state index in [1.165, 1.54) is 4.90 Å². The minimum absolute atomic E-state index is 0.118. The van der Waals surface area contributed by atoms with Crippen molar-refractivity contribution < 1.29 is 33.4 Å². The van der Waals surface area contributed by atoms with E-state index in [9.17, 15) is 19.2 Å². The summed E-state index contributed by atoms with van der Waals surface area (Å²) in [7, 11) is 1.56. The van der Waals surface area contributed by atoms with Gasteiger partial charge in [0.05, 0.1) is 7.11 Å². The van der Waals surface area contributed by atoms with Crippen LogP contribution >= 0.6 is 0 Å². The maximum Gasteiger partial charge on any atom is 0.408 e. The molecule has 0 saturated carbocycles. The number of hydrogen-bond acceptors (Lipinski definition) is 7. The largest absolute Gasteiger partial charge is 0.497 e. The number of ether oxygens (including phenoxy) is 3. The van der Waals surface area contributed by atoms with E-state index in [2.05, 4.69) is 10.6 Å². The van der Waals surface area contributed by atoms with Crippen LogP contribution in [0.15, 0.2) is 54.6 Å². The van der Waals surface area contributed by atoms with E-state index in [1.807, 2.05) is 56.3 Å². The van der Waals surface area contributed by atoms with Crippen LogP contribution in [0.25, 0.3) is 0 Å². The first-order valence-electron chi connectivity index (χ1n) is 14.9. The lowest BCUT2D eigenvalue weighted by molar-refractivity contribution is -0.155. The second-order valence-corrected chi connectivity index (χ2v) is 11.9. The Morgan fingerprint density at radius 3 is 2.26 bits per heavy atom. The minimum Gasteiger partial charge on any atom is -0.497 e. The lowest BCUT2D eigenvalue weighted by Gasteiger charge is -2.32. The number of likely N-dealkylation sites (tertiary alicyclic amines) is 1. The van der Waals surface area contributed by atoms with Gasteiger partial charge in [0.1, 0.15) is 36.1 Å². The van der Waals surface area contributed by atoms with Crippen LogP contribution < -0.4 is 15.4 Å². The average Bonchev–Trinajstić information content (AvgIpc) is 3.48. The Morgan fingerprint density at radius 2 is 1.65 bits per heavy atom. The summed E-state index contributed by atoms with van der Waals surface area (Å²) in [5, 5.41) is 5.57. The quantitative estimate of drug-likeness (QED) is 0.349. The fourth-order valence-corrected chi connectivity index (χ4v) is 4.87. The van der Waals surface area contributed by atoms with Crippen molar-refractivity contribution in [1.82, 2.24) is 15.5 Å². The highest BCUT2D eigenvalue weighted by molar-refractivity contribution is 5.93. The van der Waals surface area contributed by atoms with Crippen LogP contribution in [-0.4, -0.2) is 66.2 Å². The number of nitrogens with one attached hydrogen (secondary N) is 2. The summed E-state index contributed by atoms with van der Waals surface area (Å²) < 4.78 is 16.2. The number of carbonyl (C=O) groups excluding carboxylic acids is 4. The standard InChI is InChI=1S/C33H45N3O7/c1-7-22(2)28(30(38)36-19-11-14-27(36)31(39)42-21-24-12-9-8-10-13-24)35-29(37)26(34-32(40)43-33(3,4)5)20-23-15-17-25(41-6)18-16-23/h8-10,12-13,15-18,22,26-28H,7,11,14,19-21H2,1-6H3,(H,34,40)(H,35,37)/t22-,26+,27+,28-/m0/s1. The van der Waals surface area contributed by atoms with Crippen LogP contribution in [0.2, 0.25) is 0 Å². The molecule has 0 bridgehead atoms. The minimum atomic E-state index is -1.02. The highest BCUT2D eigenvalue weighted by atomic mass is 16.6.